The fourth-order valence-corrected chi connectivity index (χ4v) is 1.57. The molecule has 0 aromatic carbocycles. The molecule has 0 amide bonds. The lowest BCUT2D eigenvalue weighted by atomic mass is 10.4. The molecule has 0 aliphatic rings. The van der Waals surface area contributed by atoms with Gasteiger partial charge in [-0.2, -0.15) is 5.10 Å². The van der Waals surface area contributed by atoms with E-state index < -0.39 is 0 Å². The first-order valence-corrected chi connectivity index (χ1v) is 6.16. The molecule has 6 heteroatoms. The smallest absolute Gasteiger partial charge is 0.287 e. The van der Waals surface area contributed by atoms with Crippen molar-refractivity contribution in [2.24, 2.45) is 0 Å². The van der Waals surface area contributed by atoms with Crippen LogP contribution in [0.2, 0.25) is 5.02 Å². The van der Waals surface area contributed by atoms with Crippen LogP contribution in [-0.4, -0.2) is 41.4 Å². The van der Waals surface area contributed by atoms with Crippen LogP contribution in [0, 0.1) is 0 Å². The molecule has 17 heavy (non-hydrogen) atoms. The molecule has 1 aromatic heterocycles. The van der Waals surface area contributed by atoms with Crippen LogP contribution >= 0.6 is 11.6 Å². The van der Waals surface area contributed by atoms with Gasteiger partial charge >= 0.3 is 0 Å². The highest BCUT2D eigenvalue weighted by molar-refractivity contribution is 6.32. The maximum absolute atomic E-state index is 11.7. The Balaban J connectivity index is 2.67. The minimum absolute atomic E-state index is 0.209. The second-order valence-corrected chi connectivity index (χ2v) is 4.19. The fourth-order valence-electron chi connectivity index (χ4n) is 1.35. The number of anilines is 1. The van der Waals surface area contributed by atoms with Crippen molar-refractivity contribution in [3.63, 3.8) is 0 Å². The van der Waals surface area contributed by atoms with Crippen molar-refractivity contribution >= 4 is 17.3 Å². The van der Waals surface area contributed by atoms with E-state index in [1.807, 2.05) is 14.0 Å². The summed E-state index contributed by atoms with van der Waals surface area (Å²) in [5.41, 5.74) is 0.355. The first kappa shape index (κ1) is 14.0. The molecule has 0 saturated heterocycles. The van der Waals surface area contributed by atoms with Crippen LogP contribution in [0.4, 0.5) is 5.69 Å². The molecule has 5 nitrogen and oxygen atoms in total. The summed E-state index contributed by atoms with van der Waals surface area (Å²) in [6.45, 7) is 7.10. The molecule has 0 atom stereocenters. The molecule has 0 spiro atoms. The zero-order chi connectivity index (χ0) is 12.8. The van der Waals surface area contributed by atoms with Gasteiger partial charge in [-0.3, -0.25) is 4.79 Å². The Morgan fingerprint density at radius 2 is 2.24 bits per heavy atom. The van der Waals surface area contributed by atoms with E-state index in [-0.39, 0.29) is 10.6 Å². The third-order valence-electron chi connectivity index (χ3n) is 2.63. The van der Waals surface area contributed by atoms with E-state index >= 15 is 0 Å². The number of nitrogens with zero attached hydrogens (tertiary/aromatic N) is 3. The van der Waals surface area contributed by atoms with Crippen molar-refractivity contribution in [1.29, 1.82) is 0 Å². The Kier molecular flexibility index (Phi) is 5.44. The minimum Gasteiger partial charge on any atom is -0.381 e. The lowest BCUT2D eigenvalue weighted by molar-refractivity contribution is 0.367. The molecule has 1 heterocycles. The van der Waals surface area contributed by atoms with Crippen LogP contribution in [0.3, 0.4) is 0 Å². The minimum atomic E-state index is -0.247. The van der Waals surface area contributed by atoms with E-state index in [0.29, 0.717) is 12.2 Å². The van der Waals surface area contributed by atoms with E-state index in [0.717, 1.165) is 19.6 Å². The van der Waals surface area contributed by atoms with Gasteiger partial charge in [-0.05, 0) is 20.5 Å². The van der Waals surface area contributed by atoms with Gasteiger partial charge in [-0.1, -0.05) is 18.5 Å². The molecule has 1 aromatic rings. The van der Waals surface area contributed by atoms with Crippen molar-refractivity contribution in [3.8, 4) is 0 Å². The molecule has 1 rings (SSSR count). The quantitative estimate of drug-likeness (QED) is 0.835. The van der Waals surface area contributed by atoms with Crippen molar-refractivity contribution in [2.75, 3.05) is 32.0 Å². The standard InChI is InChI=1S/C11H19ClN4O/c1-4-15(3)7-6-13-9-8-14-16(5-2)11(17)10(9)12/h8,13H,4-7H2,1-3H3. The molecular weight excluding hydrogens is 240 g/mol. The molecular formula is C11H19ClN4O. The van der Waals surface area contributed by atoms with Crippen LogP contribution in [0.5, 0.6) is 0 Å². The average Bonchev–Trinajstić information content (AvgIpc) is 2.34. The molecule has 0 unspecified atom stereocenters. The predicted octanol–water partition coefficient (Wildman–Crippen LogP) is 1.28. The van der Waals surface area contributed by atoms with Crippen LogP contribution in [0.15, 0.2) is 11.0 Å². The first-order valence-electron chi connectivity index (χ1n) is 5.78. The summed E-state index contributed by atoms with van der Waals surface area (Å²) in [7, 11) is 2.04. The van der Waals surface area contributed by atoms with Gasteiger partial charge in [0.1, 0.15) is 5.02 Å². The highest BCUT2D eigenvalue weighted by atomic mass is 35.5. The van der Waals surface area contributed by atoms with E-state index in [9.17, 15) is 4.79 Å². The van der Waals surface area contributed by atoms with Gasteiger partial charge in [0, 0.05) is 19.6 Å². The monoisotopic (exact) mass is 258 g/mol. The van der Waals surface area contributed by atoms with Crippen LogP contribution < -0.4 is 10.9 Å². The Bertz CT molecular complexity index is 418. The van der Waals surface area contributed by atoms with Gasteiger partial charge < -0.3 is 10.2 Å². The zero-order valence-corrected chi connectivity index (χ0v) is 11.3. The van der Waals surface area contributed by atoms with Crippen LogP contribution in [0.1, 0.15) is 13.8 Å². The maximum Gasteiger partial charge on any atom is 0.287 e. The molecule has 0 aliphatic carbocycles. The summed E-state index contributed by atoms with van der Waals surface area (Å²) in [6, 6.07) is 0. The largest absolute Gasteiger partial charge is 0.381 e. The molecule has 0 saturated carbocycles. The van der Waals surface area contributed by atoms with Crippen LogP contribution in [0.25, 0.3) is 0 Å². The molecule has 0 fully saturated rings. The van der Waals surface area contributed by atoms with Gasteiger partial charge in [0.15, 0.2) is 0 Å². The summed E-state index contributed by atoms with van der Waals surface area (Å²) in [4.78, 5) is 13.9. The summed E-state index contributed by atoms with van der Waals surface area (Å²) in [5, 5.41) is 7.35. The zero-order valence-electron chi connectivity index (χ0n) is 10.5. The number of rotatable bonds is 6. The third-order valence-corrected chi connectivity index (χ3v) is 3.00. The molecule has 0 bridgehead atoms. The number of hydrogen-bond donors (Lipinski definition) is 1. The lowest BCUT2D eigenvalue weighted by Gasteiger charge is -2.15. The van der Waals surface area contributed by atoms with Crippen molar-refractivity contribution in [2.45, 2.75) is 20.4 Å². The van der Waals surface area contributed by atoms with Crippen molar-refractivity contribution in [1.82, 2.24) is 14.7 Å². The molecule has 0 radical (unpaired) electrons. The number of likely N-dealkylation sites (N-methyl/N-ethyl adjacent to an activating group) is 1. The van der Waals surface area contributed by atoms with Gasteiger partial charge in [0.05, 0.1) is 11.9 Å². The normalized spacial score (nSPS) is 10.9. The number of hydrogen-bond acceptors (Lipinski definition) is 4. The first-order chi connectivity index (χ1) is 8.10. The van der Waals surface area contributed by atoms with Crippen molar-refractivity contribution in [3.05, 3.63) is 21.6 Å². The maximum atomic E-state index is 11.7. The fraction of sp³-hybridized carbons (Fsp3) is 0.636. The number of aryl methyl sites for hydroxylation is 1. The van der Waals surface area contributed by atoms with Gasteiger partial charge in [0.2, 0.25) is 0 Å². The highest BCUT2D eigenvalue weighted by Gasteiger charge is 2.07. The van der Waals surface area contributed by atoms with Gasteiger partial charge in [0.25, 0.3) is 5.56 Å². The Labute approximate surface area is 106 Å². The second kappa shape index (κ2) is 6.61. The van der Waals surface area contributed by atoms with Gasteiger partial charge in [-0.25, -0.2) is 4.68 Å². The Hall–Kier alpha value is -1.07. The third kappa shape index (κ3) is 3.71. The number of nitrogens with one attached hydrogen (secondary N) is 1. The van der Waals surface area contributed by atoms with E-state index in [1.54, 1.807) is 6.20 Å². The SMILES string of the molecule is CCN(C)CCNc1cnn(CC)c(=O)c1Cl. The summed E-state index contributed by atoms with van der Waals surface area (Å²) in [5.74, 6) is 0. The lowest BCUT2D eigenvalue weighted by Crippen LogP contribution is -2.27. The topological polar surface area (TPSA) is 50.2 Å². The van der Waals surface area contributed by atoms with E-state index in [4.69, 9.17) is 11.6 Å². The molecule has 96 valence electrons. The Morgan fingerprint density at radius 3 is 2.82 bits per heavy atom. The average molecular weight is 259 g/mol. The summed E-state index contributed by atoms with van der Waals surface area (Å²) < 4.78 is 1.34. The molecule has 1 N–H and O–H groups in total. The highest BCUT2D eigenvalue weighted by Crippen LogP contribution is 2.14. The van der Waals surface area contributed by atoms with E-state index in [1.165, 1.54) is 4.68 Å². The van der Waals surface area contributed by atoms with E-state index in [2.05, 4.69) is 22.2 Å². The summed E-state index contributed by atoms with van der Waals surface area (Å²) in [6.07, 6.45) is 1.60. The van der Waals surface area contributed by atoms with Gasteiger partial charge in [-0.15, -0.1) is 0 Å². The summed E-state index contributed by atoms with van der Waals surface area (Å²) >= 11 is 5.98. The number of halogens is 1. The second-order valence-electron chi connectivity index (χ2n) is 3.82. The molecule has 0 aliphatic heterocycles. The van der Waals surface area contributed by atoms with Crippen LogP contribution in [-0.2, 0) is 6.54 Å². The van der Waals surface area contributed by atoms with Crippen molar-refractivity contribution < 1.29 is 0 Å². The number of aromatic nitrogens is 2. The Morgan fingerprint density at radius 1 is 1.53 bits per heavy atom. The predicted molar refractivity (Wildman–Crippen MR) is 70.8 cm³/mol.